The minimum atomic E-state index is -0.216. The minimum Gasteiger partial charge on any atom is -0.497 e. The van der Waals surface area contributed by atoms with Crippen LogP contribution in [0.15, 0.2) is 72.8 Å². The van der Waals surface area contributed by atoms with Crippen LogP contribution in [0.5, 0.6) is 17.2 Å². The van der Waals surface area contributed by atoms with E-state index in [1.807, 2.05) is 62.4 Å². The Morgan fingerprint density at radius 2 is 1.68 bits per heavy atom. The number of rotatable bonds is 12. The molecule has 0 heterocycles. The fourth-order valence-corrected chi connectivity index (χ4v) is 3.61. The molecule has 1 unspecified atom stereocenters. The molecule has 1 aliphatic rings. The van der Waals surface area contributed by atoms with E-state index in [-0.39, 0.29) is 24.2 Å². The van der Waals surface area contributed by atoms with Crippen molar-refractivity contribution in [2.24, 2.45) is 5.73 Å². The maximum absolute atomic E-state index is 12.7. The number of aryl methyl sites for hydroxylation is 1. The summed E-state index contributed by atoms with van der Waals surface area (Å²) >= 11 is 0. The monoisotopic (exact) mass is 519 g/mol. The highest BCUT2D eigenvalue weighted by atomic mass is 16.5. The number of hydrogen-bond acceptors (Lipinski definition) is 6. The van der Waals surface area contributed by atoms with Gasteiger partial charge in [-0.05, 0) is 63.4 Å². The predicted molar refractivity (Wildman–Crippen MR) is 152 cm³/mol. The number of benzene rings is 3. The summed E-state index contributed by atoms with van der Waals surface area (Å²) < 4.78 is 16.9. The quantitative estimate of drug-likeness (QED) is 0.316. The third kappa shape index (κ3) is 10.8. The van der Waals surface area contributed by atoms with Crippen LogP contribution in [0.25, 0.3) is 0 Å². The Hall–Kier alpha value is -3.55. The van der Waals surface area contributed by atoms with Gasteiger partial charge in [0.25, 0.3) is 5.91 Å². The summed E-state index contributed by atoms with van der Waals surface area (Å²) in [6.07, 6.45) is 2.36. The van der Waals surface area contributed by atoms with E-state index in [0.717, 1.165) is 24.2 Å². The second kappa shape index (κ2) is 15.0. The number of methoxy groups -OCH3 is 1. The van der Waals surface area contributed by atoms with Gasteiger partial charge in [0.2, 0.25) is 0 Å². The number of amides is 1. The summed E-state index contributed by atoms with van der Waals surface area (Å²) in [5, 5.41) is 6.22. The van der Waals surface area contributed by atoms with E-state index < -0.39 is 0 Å². The average molecular weight is 520 g/mol. The molecule has 1 aliphatic carbocycles. The Balaban J connectivity index is 0.000000494. The van der Waals surface area contributed by atoms with Gasteiger partial charge in [-0.15, -0.1) is 0 Å². The number of hydrogen-bond donors (Lipinski definition) is 3. The molecule has 4 rings (SSSR count). The molecule has 0 saturated heterocycles. The lowest BCUT2D eigenvalue weighted by Gasteiger charge is -2.16. The van der Waals surface area contributed by atoms with Gasteiger partial charge in [-0.1, -0.05) is 48.0 Å². The first kappa shape index (κ1) is 29.0. The number of nitrogens with one attached hydrogen (secondary N) is 2. The van der Waals surface area contributed by atoms with Gasteiger partial charge in [-0.2, -0.15) is 0 Å². The number of nitrogens with two attached hydrogens (primary N) is 1. The van der Waals surface area contributed by atoms with Gasteiger partial charge in [0.05, 0.1) is 19.3 Å². The Morgan fingerprint density at radius 3 is 2.32 bits per heavy atom. The number of ether oxygens (including phenoxy) is 3. The van der Waals surface area contributed by atoms with E-state index in [9.17, 15) is 4.79 Å². The molecule has 3 aromatic rings. The van der Waals surface area contributed by atoms with Gasteiger partial charge in [0.15, 0.2) is 0 Å². The molecule has 0 radical (unpaired) electrons. The molecule has 204 valence electrons. The standard InChI is InChI=1S/C24H33N3O4.C7H8/c1-16(2)30-22-10-18(11-23(12-22)31-20-7-8-20)24(28)27-15-19(25)14-26-13-17-5-4-6-21(9-17)29-3;1-7-5-3-2-4-6-7/h4-6,9-12,16,19-20,26H,7-8,13-15,25H2,1-3H3,(H,27,28);2-6H,1H3. The Kier molecular flexibility index (Phi) is 11.5. The molecule has 0 aliphatic heterocycles. The summed E-state index contributed by atoms with van der Waals surface area (Å²) in [5.41, 5.74) is 9.11. The molecular weight excluding hydrogens is 478 g/mol. The van der Waals surface area contributed by atoms with Crippen molar-refractivity contribution < 1.29 is 19.0 Å². The molecule has 1 amide bonds. The highest BCUT2D eigenvalue weighted by Gasteiger charge is 2.24. The molecule has 1 saturated carbocycles. The van der Waals surface area contributed by atoms with Crippen LogP contribution < -0.4 is 30.6 Å². The largest absolute Gasteiger partial charge is 0.497 e. The van der Waals surface area contributed by atoms with Crippen molar-refractivity contribution in [3.8, 4) is 17.2 Å². The lowest BCUT2D eigenvalue weighted by molar-refractivity contribution is 0.0949. The Labute approximate surface area is 226 Å². The van der Waals surface area contributed by atoms with Gasteiger partial charge < -0.3 is 30.6 Å². The van der Waals surface area contributed by atoms with Crippen molar-refractivity contribution in [1.29, 1.82) is 0 Å². The van der Waals surface area contributed by atoms with Gasteiger partial charge in [-0.25, -0.2) is 0 Å². The van der Waals surface area contributed by atoms with E-state index in [0.29, 0.717) is 36.7 Å². The van der Waals surface area contributed by atoms with Crippen molar-refractivity contribution in [2.45, 2.75) is 58.4 Å². The third-order valence-corrected chi connectivity index (χ3v) is 5.68. The number of carbonyl (C=O) groups is 1. The molecule has 38 heavy (non-hydrogen) atoms. The van der Waals surface area contributed by atoms with Crippen molar-refractivity contribution >= 4 is 5.91 Å². The van der Waals surface area contributed by atoms with Crippen LogP contribution in [0.2, 0.25) is 0 Å². The van der Waals surface area contributed by atoms with Crippen molar-refractivity contribution in [3.63, 3.8) is 0 Å². The molecule has 7 nitrogen and oxygen atoms in total. The molecular formula is C31H41N3O4. The molecule has 1 fully saturated rings. The SMILES string of the molecule is COc1cccc(CNCC(N)CNC(=O)c2cc(OC(C)C)cc(OC3CC3)c2)c1.Cc1ccccc1. The number of carbonyl (C=O) groups excluding carboxylic acids is 1. The van der Waals surface area contributed by atoms with E-state index in [1.165, 1.54) is 5.56 Å². The summed E-state index contributed by atoms with van der Waals surface area (Å²) in [7, 11) is 1.65. The van der Waals surface area contributed by atoms with Gasteiger partial charge in [-0.3, -0.25) is 4.79 Å². The van der Waals surface area contributed by atoms with Crippen LogP contribution >= 0.6 is 0 Å². The smallest absolute Gasteiger partial charge is 0.251 e. The van der Waals surface area contributed by atoms with E-state index in [4.69, 9.17) is 19.9 Å². The second-order valence-corrected chi connectivity index (χ2v) is 9.78. The van der Waals surface area contributed by atoms with E-state index in [2.05, 4.69) is 29.7 Å². The highest BCUT2D eigenvalue weighted by Crippen LogP contribution is 2.30. The van der Waals surface area contributed by atoms with Crippen LogP contribution in [-0.2, 0) is 6.54 Å². The van der Waals surface area contributed by atoms with Gasteiger partial charge in [0.1, 0.15) is 17.2 Å². The van der Waals surface area contributed by atoms with Gasteiger partial charge >= 0.3 is 0 Å². The fourth-order valence-electron chi connectivity index (χ4n) is 3.61. The van der Waals surface area contributed by atoms with Crippen LogP contribution in [0.4, 0.5) is 0 Å². The maximum Gasteiger partial charge on any atom is 0.251 e. The van der Waals surface area contributed by atoms with Crippen molar-refractivity contribution in [1.82, 2.24) is 10.6 Å². The summed E-state index contributed by atoms with van der Waals surface area (Å²) in [6, 6.07) is 23.2. The first-order valence-electron chi connectivity index (χ1n) is 13.2. The van der Waals surface area contributed by atoms with Crippen molar-refractivity contribution in [3.05, 3.63) is 89.5 Å². The zero-order chi connectivity index (χ0) is 27.3. The second-order valence-electron chi connectivity index (χ2n) is 9.78. The van der Waals surface area contributed by atoms with Gasteiger partial charge in [0, 0.05) is 37.3 Å². The molecule has 7 heteroatoms. The molecule has 1 atom stereocenters. The molecule has 3 aromatic carbocycles. The maximum atomic E-state index is 12.7. The molecule has 0 bridgehead atoms. The highest BCUT2D eigenvalue weighted by molar-refractivity contribution is 5.95. The van der Waals surface area contributed by atoms with Crippen molar-refractivity contribution in [2.75, 3.05) is 20.2 Å². The first-order valence-corrected chi connectivity index (χ1v) is 13.2. The van der Waals surface area contributed by atoms with Crippen LogP contribution in [0.3, 0.4) is 0 Å². The fraction of sp³-hybridized carbons (Fsp3) is 0.387. The minimum absolute atomic E-state index is 0.0103. The summed E-state index contributed by atoms with van der Waals surface area (Å²) in [5.74, 6) is 1.92. The molecule has 4 N–H and O–H groups in total. The molecule has 0 aromatic heterocycles. The van der Waals surface area contributed by atoms with Crippen LogP contribution in [0.1, 0.15) is 48.2 Å². The van der Waals surface area contributed by atoms with E-state index in [1.54, 1.807) is 19.2 Å². The topological polar surface area (TPSA) is 94.8 Å². The summed E-state index contributed by atoms with van der Waals surface area (Å²) in [4.78, 5) is 12.7. The normalized spacial score (nSPS) is 13.2. The predicted octanol–water partition coefficient (Wildman–Crippen LogP) is 4.87. The average Bonchev–Trinajstić information content (AvgIpc) is 3.71. The lowest BCUT2D eigenvalue weighted by atomic mass is 10.1. The first-order chi connectivity index (χ1) is 18.3. The molecule has 0 spiro atoms. The summed E-state index contributed by atoms with van der Waals surface area (Å²) in [6.45, 7) is 7.59. The van der Waals surface area contributed by atoms with Crippen LogP contribution in [-0.4, -0.2) is 44.4 Å². The van der Waals surface area contributed by atoms with E-state index >= 15 is 0 Å². The Morgan fingerprint density at radius 1 is 0.947 bits per heavy atom. The van der Waals surface area contributed by atoms with Crippen LogP contribution in [0, 0.1) is 6.92 Å². The zero-order valence-corrected chi connectivity index (χ0v) is 22.9. The third-order valence-electron chi connectivity index (χ3n) is 5.68. The Bertz CT molecular complexity index is 1110. The zero-order valence-electron chi connectivity index (χ0n) is 22.9. The lowest BCUT2D eigenvalue weighted by Crippen LogP contribution is -2.43.